The summed E-state index contributed by atoms with van der Waals surface area (Å²) in [7, 11) is 3.34. The van der Waals surface area contributed by atoms with E-state index in [1.807, 2.05) is 12.1 Å². The van der Waals surface area contributed by atoms with Gasteiger partial charge in [0.2, 0.25) is 0 Å². The normalized spacial score (nSPS) is 10.4. The van der Waals surface area contributed by atoms with Gasteiger partial charge in [0.05, 0.1) is 14.2 Å². The van der Waals surface area contributed by atoms with E-state index in [0.717, 1.165) is 48.2 Å². The summed E-state index contributed by atoms with van der Waals surface area (Å²) in [6.45, 7) is 0.765. The Kier molecular flexibility index (Phi) is 6.37. The van der Waals surface area contributed by atoms with Gasteiger partial charge in [0.15, 0.2) is 0 Å². The Hall–Kier alpha value is -0.740. The van der Waals surface area contributed by atoms with Gasteiger partial charge in [-0.05, 0) is 31.9 Å². The van der Waals surface area contributed by atoms with Gasteiger partial charge in [0.1, 0.15) is 11.5 Å². The summed E-state index contributed by atoms with van der Waals surface area (Å²) >= 11 is 3.56. The molecule has 0 amide bonds. The fourth-order valence-electron chi connectivity index (χ4n) is 1.75. The van der Waals surface area contributed by atoms with Crippen LogP contribution in [0.2, 0.25) is 0 Å². The lowest BCUT2D eigenvalue weighted by atomic mass is 10.1. The SMILES string of the molecule is COc1cc(Br)c(CCCCCN)c(OC)c1. The van der Waals surface area contributed by atoms with Crippen molar-refractivity contribution in [3.05, 3.63) is 22.2 Å². The molecule has 0 aromatic heterocycles. The summed E-state index contributed by atoms with van der Waals surface area (Å²) in [5.41, 5.74) is 6.68. The van der Waals surface area contributed by atoms with Crippen LogP contribution in [0.5, 0.6) is 11.5 Å². The van der Waals surface area contributed by atoms with Gasteiger partial charge in [-0.15, -0.1) is 0 Å². The molecule has 0 aliphatic heterocycles. The molecule has 1 aromatic carbocycles. The molecule has 2 N–H and O–H groups in total. The maximum atomic E-state index is 5.48. The molecule has 0 heterocycles. The zero-order valence-electron chi connectivity index (χ0n) is 10.5. The van der Waals surface area contributed by atoms with Crippen LogP contribution >= 0.6 is 15.9 Å². The monoisotopic (exact) mass is 301 g/mol. The Morgan fingerprint density at radius 2 is 1.88 bits per heavy atom. The smallest absolute Gasteiger partial charge is 0.126 e. The summed E-state index contributed by atoms with van der Waals surface area (Å²) in [5, 5.41) is 0. The van der Waals surface area contributed by atoms with E-state index in [2.05, 4.69) is 15.9 Å². The molecule has 17 heavy (non-hydrogen) atoms. The maximum Gasteiger partial charge on any atom is 0.126 e. The Balaban J connectivity index is 2.75. The number of halogens is 1. The molecular formula is C13H20BrNO2. The second-order valence-corrected chi connectivity index (χ2v) is 4.74. The van der Waals surface area contributed by atoms with Crippen molar-refractivity contribution in [2.45, 2.75) is 25.7 Å². The highest BCUT2D eigenvalue weighted by atomic mass is 79.9. The molecule has 3 nitrogen and oxygen atoms in total. The van der Waals surface area contributed by atoms with Gasteiger partial charge in [0.25, 0.3) is 0 Å². The van der Waals surface area contributed by atoms with Crippen LogP contribution in [0.3, 0.4) is 0 Å². The van der Waals surface area contributed by atoms with E-state index in [-0.39, 0.29) is 0 Å². The third kappa shape index (κ3) is 4.21. The van der Waals surface area contributed by atoms with Crippen LogP contribution < -0.4 is 15.2 Å². The molecule has 0 atom stereocenters. The number of methoxy groups -OCH3 is 2. The fourth-order valence-corrected chi connectivity index (χ4v) is 2.37. The zero-order chi connectivity index (χ0) is 12.7. The van der Waals surface area contributed by atoms with E-state index in [1.165, 1.54) is 5.56 Å². The molecule has 0 saturated carbocycles. The van der Waals surface area contributed by atoms with Gasteiger partial charge in [-0.3, -0.25) is 0 Å². The van der Waals surface area contributed by atoms with Crippen molar-refractivity contribution >= 4 is 15.9 Å². The minimum absolute atomic E-state index is 0.765. The molecule has 0 radical (unpaired) electrons. The largest absolute Gasteiger partial charge is 0.497 e. The van der Waals surface area contributed by atoms with E-state index in [0.29, 0.717) is 0 Å². The van der Waals surface area contributed by atoms with E-state index in [1.54, 1.807) is 14.2 Å². The van der Waals surface area contributed by atoms with E-state index < -0.39 is 0 Å². The summed E-state index contributed by atoms with van der Waals surface area (Å²) in [6.07, 6.45) is 4.35. The van der Waals surface area contributed by atoms with E-state index in [4.69, 9.17) is 15.2 Å². The summed E-state index contributed by atoms with van der Waals surface area (Å²) in [4.78, 5) is 0. The van der Waals surface area contributed by atoms with E-state index >= 15 is 0 Å². The van der Waals surface area contributed by atoms with Crippen molar-refractivity contribution in [1.82, 2.24) is 0 Å². The topological polar surface area (TPSA) is 44.5 Å². The first kappa shape index (κ1) is 14.3. The van der Waals surface area contributed by atoms with Crippen LogP contribution in [0.25, 0.3) is 0 Å². The summed E-state index contributed by atoms with van der Waals surface area (Å²) in [5.74, 6) is 1.68. The van der Waals surface area contributed by atoms with Crippen molar-refractivity contribution in [3.8, 4) is 11.5 Å². The van der Waals surface area contributed by atoms with Gasteiger partial charge in [-0.25, -0.2) is 0 Å². The minimum Gasteiger partial charge on any atom is -0.497 e. The molecule has 0 aliphatic rings. The lowest BCUT2D eigenvalue weighted by Gasteiger charge is -2.12. The van der Waals surface area contributed by atoms with Gasteiger partial charge in [-0.1, -0.05) is 22.4 Å². The third-order valence-electron chi connectivity index (χ3n) is 2.71. The molecule has 0 unspecified atom stereocenters. The van der Waals surface area contributed by atoms with Crippen LogP contribution in [0, 0.1) is 0 Å². The van der Waals surface area contributed by atoms with Crippen LogP contribution in [0.4, 0.5) is 0 Å². The van der Waals surface area contributed by atoms with Crippen molar-refractivity contribution in [2.75, 3.05) is 20.8 Å². The Morgan fingerprint density at radius 1 is 1.12 bits per heavy atom. The minimum atomic E-state index is 0.765. The molecule has 1 rings (SSSR count). The van der Waals surface area contributed by atoms with Gasteiger partial charge >= 0.3 is 0 Å². The first-order valence-corrected chi connectivity index (χ1v) is 6.62. The molecule has 0 bridgehead atoms. The number of hydrogen-bond acceptors (Lipinski definition) is 3. The average Bonchev–Trinajstić information content (AvgIpc) is 2.35. The molecule has 0 fully saturated rings. The highest BCUT2D eigenvalue weighted by Gasteiger charge is 2.10. The molecule has 0 spiro atoms. The lowest BCUT2D eigenvalue weighted by molar-refractivity contribution is 0.390. The number of hydrogen-bond donors (Lipinski definition) is 1. The van der Waals surface area contributed by atoms with Gasteiger partial charge < -0.3 is 15.2 Å². The Labute approximate surface area is 111 Å². The quantitative estimate of drug-likeness (QED) is 0.787. The molecule has 0 saturated heterocycles. The Morgan fingerprint density at radius 3 is 2.47 bits per heavy atom. The molecule has 0 aliphatic carbocycles. The molecule has 4 heteroatoms. The fraction of sp³-hybridized carbons (Fsp3) is 0.538. The average molecular weight is 302 g/mol. The van der Waals surface area contributed by atoms with Gasteiger partial charge in [-0.2, -0.15) is 0 Å². The first-order chi connectivity index (χ1) is 8.22. The van der Waals surface area contributed by atoms with Crippen molar-refractivity contribution in [1.29, 1.82) is 0 Å². The van der Waals surface area contributed by atoms with Crippen molar-refractivity contribution in [3.63, 3.8) is 0 Å². The van der Waals surface area contributed by atoms with Gasteiger partial charge in [0, 0.05) is 16.1 Å². The van der Waals surface area contributed by atoms with Crippen LogP contribution in [0.1, 0.15) is 24.8 Å². The van der Waals surface area contributed by atoms with E-state index in [9.17, 15) is 0 Å². The maximum absolute atomic E-state index is 5.48. The molecular weight excluding hydrogens is 282 g/mol. The van der Waals surface area contributed by atoms with Crippen LogP contribution in [0.15, 0.2) is 16.6 Å². The summed E-state index contributed by atoms with van der Waals surface area (Å²) < 4.78 is 11.6. The van der Waals surface area contributed by atoms with Crippen molar-refractivity contribution < 1.29 is 9.47 Å². The number of rotatable bonds is 7. The number of nitrogens with two attached hydrogens (primary N) is 1. The third-order valence-corrected chi connectivity index (χ3v) is 3.42. The number of unbranched alkanes of at least 4 members (excludes halogenated alkanes) is 2. The molecule has 96 valence electrons. The predicted molar refractivity (Wildman–Crippen MR) is 73.9 cm³/mol. The van der Waals surface area contributed by atoms with Crippen LogP contribution in [-0.2, 0) is 6.42 Å². The number of ether oxygens (including phenoxy) is 2. The molecule has 1 aromatic rings. The highest BCUT2D eigenvalue weighted by molar-refractivity contribution is 9.10. The first-order valence-electron chi connectivity index (χ1n) is 5.83. The Bertz CT molecular complexity index is 356. The summed E-state index contributed by atoms with van der Waals surface area (Å²) in [6, 6.07) is 3.89. The van der Waals surface area contributed by atoms with Crippen molar-refractivity contribution in [2.24, 2.45) is 5.73 Å². The zero-order valence-corrected chi connectivity index (χ0v) is 12.0. The second-order valence-electron chi connectivity index (χ2n) is 3.89. The van der Waals surface area contributed by atoms with Crippen LogP contribution in [-0.4, -0.2) is 20.8 Å². The standard InChI is InChI=1S/C13H20BrNO2/c1-16-10-8-12(14)11(13(9-10)17-2)6-4-3-5-7-15/h8-9H,3-7,15H2,1-2H3. The predicted octanol–water partition coefficient (Wildman–Crippen LogP) is 3.14. The lowest BCUT2D eigenvalue weighted by Crippen LogP contribution is -1.99. The second kappa shape index (κ2) is 7.56. The number of benzene rings is 1. The highest BCUT2D eigenvalue weighted by Crippen LogP contribution is 2.33.